The van der Waals surface area contributed by atoms with Gasteiger partial charge in [-0.05, 0) is 25.6 Å². The smallest absolute Gasteiger partial charge is 0.410 e. The van der Waals surface area contributed by atoms with Gasteiger partial charge in [-0.25, -0.2) is 14.4 Å². The number of hydrogen-bond acceptors (Lipinski definition) is 10. The van der Waals surface area contributed by atoms with Gasteiger partial charge in [-0.3, -0.25) is 4.79 Å². The standard InChI is InChI=1S/C17H29NO10S/c1-9(2)13(21)25-7-27-15(23)18-11(12(19)20)17(5,6)29-16(24)28-8-26-14(22)10(3)4/h9-11,14,22H,7-8H2,1-6H3,(H,18,23)(H,19,20)/t11-,14?/m0/s1. The van der Waals surface area contributed by atoms with E-state index in [4.69, 9.17) is 9.47 Å². The van der Waals surface area contributed by atoms with Gasteiger partial charge < -0.3 is 34.5 Å². The van der Waals surface area contributed by atoms with Gasteiger partial charge in [0.2, 0.25) is 6.79 Å². The highest BCUT2D eigenvalue weighted by Gasteiger charge is 2.40. The van der Waals surface area contributed by atoms with Gasteiger partial charge in [-0.15, -0.1) is 0 Å². The Labute approximate surface area is 173 Å². The highest BCUT2D eigenvalue weighted by Crippen LogP contribution is 2.30. The summed E-state index contributed by atoms with van der Waals surface area (Å²) in [5.74, 6) is -2.63. The molecular formula is C17H29NO10S. The molecule has 3 N–H and O–H groups in total. The minimum Gasteiger partial charge on any atom is -0.480 e. The molecule has 0 bridgehead atoms. The van der Waals surface area contributed by atoms with Crippen LogP contribution < -0.4 is 5.32 Å². The normalized spacial score (nSPS) is 13.6. The number of aliphatic carboxylic acids is 1. The molecule has 0 aliphatic rings. The number of hydrogen-bond donors (Lipinski definition) is 3. The number of alkyl carbamates (subject to hydrolysis) is 1. The molecule has 0 fully saturated rings. The van der Waals surface area contributed by atoms with Crippen molar-refractivity contribution in [3.05, 3.63) is 0 Å². The quantitative estimate of drug-likeness (QED) is 0.319. The van der Waals surface area contributed by atoms with Gasteiger partial charge in [0.25, 0.3) is 0 Å². The molecule has 0 aromatic rings. The molecule has 2 atom stereocenters. The molecule has 11 nitrogen and oxygen atoms in total. The lowest BCUT2D eigenvalue weighted by Crippen LogP contribution is -2.53. The van der Waals surface area contributed by atoms with Gasteiger partial charge >= 0.3 is 23.3 Å². The molecule has 0 aliphatic carbocycles. The predicted molar refractivity (Wildman–Crippen MR) is 102 cm³/mol. The molecular weight excluding hydrogens is 410 g/mol. The van der Waals surface area contributed by atoms with E-state index in [0.29, 0.717) is 11.8 Å². The first-order valence-electron chi connectivity index (χ1n) is 8.76. The van der Waals surface area contributed by atoms with E-state index >= 15 is 0 Å². The lowest BCUT2D eigenvalue weighted by atomic mass is 10.0. The lowest BCUT2D eigenvalue weighted by Gasteiger charge is -2.29. The number of aliphatic hydroxyl groups excluding tert-OH is 1. The van der Waals surface area contributed by atoms with Crippen LogP contribution in [0.25, 0.3) is 0 Å². The van der Waals surface area contributed by atoms with E-state index in [0.717, 1.165) is 0 Å². The molecule has 0 saturated carbocycles. The number of nitrogens with one attached hydrogen (secondary N) is 1. The van der Waals surface area contributed by atoms with Crippen LogP contribution in [0.15, 0.2) is 0 Å². The number of aliphatic hydroxyl groups is 1. The second-order valence-electron chi connectivity index (χ2n) is 7.10. The minimum absolute atomic E-state index is 0.204. The van der Waals surface area contributed by atoms with Gasteiger partial charge in [0, 0.05) is 5.92 Å². The first-order valence-corrected chi connectivity index (χ1v) is 9.57. The van der Waals surface area contributed by atoms with Crippen molar-refractivity contribution in [3.63, 3.8) is 0 Å². The predicted octanol–water partition coefficient (Wildman–Crippen LogP) is 1.92. The summed E-state index contributed by atoms with van der Waals surface area (Å²) in [6.45, 7) is 8.20. The first-order chi connectivity index (χ1) is 13.3. The van der Waals surface area contributed by atoms with Gasteiger partial charge in [-0.2, -0.15) is 0 Å². The third-order valence-electron chi connectivity index (χ3n) is 3.40. The molecule has 0 saturated heterocycles. The molecule has 0 radical (unpaired) electrons. The molecule has 168 valence electrons. The van der Waals surface area contributed by atoms with Gasteiger partial charge in [-0.1, -0.05) is 27.7 Å². The summed E-state index contributed by atoms with van der Waals surface area (Å²) in [6, 6.07) is -1.53. The number of amides is 1. The summed E-state index contributed by atoms with van der Waals surface area (Å²) in [6.07, 6.45) is -2.26. The zero-order valence-electron chi connectivity index (χ0n) is 17.3. The van der Waals surface area contributed by atoms with Crippen molar-refractivity contribution in [2.24, 2.45) is 11.8 Å². The van der Waals surface area contributed by atoms with Crippen molar-refractivity contribution in [1.82, 2.24) is 5.32 Å². The van der Waals surface area contributed by atoms with Crippen LogP contribution in [-0.2, 0) is 28.5 Å². The largest absolute Gasteiger partial charge is 0.480 e. The molecule has 0 aromatic carbocycles. The molecule has 12 heteroatoms. The Kier molecular flexibility index (Phi) is 11.6. The Balaban J connectivity index is 4.66. The number of esters is 1. The Morgan fingerprint density at radius 2 is 1.59 bits per heavy atom. The average molecular weight is 439 g/mol. The monoisotopic (exact) mass is 439 g/mol. The van der Waals surface area contributed by atoms with Gasteiger partial charge in [0.1, 0.15) is 6.04 Å². The van der Waals surface area contributed by atoms with Crippen molar-refractivity contribution in [2.75, 3.05) is 13.6 Å². The van der Waals surface area contributed by atoms with E-state index in [-0.39, 0.29) is 5.92 Å². The van der Waals surface area contributed by atoms with Crippen LogP contribution in [0, 0.1) is 11.8 Å². The molecule has 1 amide bonds. The van der Waals surface area contributed by atoms with Gasteiger partial charge in [0.05, 0.1) is 10.7 Å². The van der Waals surface area contributed by atoms with Crippen LogP contribution in [0.1, 0.15) is 41.5 Å². The van der Waals surface area contributed by atoms with E-state index in [2.05, 4.69) is 14.8 Å². The van der Waals surface area contributed by atoms with Gasteiger partial charge in [0.15, 0.2) is 13.1 Å². The number of thioether (sulfide) groups is 1. The summed E-state index contributed by atoms with van der Waals surface area (Å²) < 4.78 is 17.6. The van der Waals surface area contributed by atoms with Crippen LogP contribution in [0.5, 0.6) is 0 Å². The number of carboxylic acids is 1. The van der Waals surface area contributed by atoms with E-state index in [1.807, 2.05) is 0 Å². The SMILES string of the molecule is CC(C)C(=O)OCOC(=O)N[C@@H](C(=O)O)C(C)(C)SC(=O)OCOC(O)C(C)C. The number of ether oxygens (including phenoxy) is 4. The molecule has 0 aliphatic heterocycles. The first kappa shape index (κ1) is 27.0. The fourth-order valence-electron chi connectivity index (χ4n) is 1.65. The zero-order valence-corrected chi connectivity index (χ0v) is 18.1. The molecule has 1 unspecified atom stereocenters. The third kappa shape index (κ3) is 10.9. The number of rotatable bonds is 11. The molecule has 0 aromatic heterocycles. The molecule has 0 spiro atoms. The minimum atomic E-state index is -1.53. The Bertz CT molecular complexity index is 579. The van der Waals surface area contributed by atoms with E-state index in [1.165, 1.54) is 13.8 Å². The Morgan fingerprint density at radius 1 is 1.00 bits per heavy atom. The summed E-state index contributed by atoms with van der Waals surface area (Å²) >= 11 is 0.514. The van der Waals surface area contributed by atoms with Crippen LogP contribution in [-0.4, -0.2) is 64.2 Å². The second kappa shape index (κ2) is 12.5. The maximum atomic E-state index is 11.9. The maximum absolute atomic E-state index is 11.9. The summed E-state index contributed by atoms with van der Waals surface area (Å²) in [5, 5.41) is 20.1. The summed E-state index contributed by atoms with van der Waals surface area (Å²) in [5.41, 5.74) is 0. The van der Waals surface area contributed by atoms with Crippen molar-refractivity contribution in [1.29, 1.82) is 0 Å². The van der Waals surface area contributed by atoms with Crippen molar-refractivity contribution >= 4 is 35.1 Å². The van der Waals surface area contributed by atoms with Crippen LogP contribution in [0.4, 0.5) is 9.59 Å². The van der Waals surface area contributed by atoms with Crippen molar-refractivity contribution < 1.29 is 48.3 Å². The average Bonchev–Trinajstić information content (AvgIpc) is 2.58. The fraction of sp³-hybridized carbons (Fsp3) is 0.765. The van der Waals surface area contributed by atoms with E-state index < -0.39 is 59.9 Å². The van der Waals surface area contributed by atoms with Crippen molar-refractivity contribution in [3.8, 4) is 0 Å². The Hall–Kier alpha value is -2.05. The Morgan fingerprint density at radius 3 is 2.07 bits per heavy atom. The third-order valence-corrected chi connectivity index (χ3v) is 4.45. The summed E-state index contributed by atoms with van der Waals surface area (Å²) in [7, 11) is 0. The molecule has 0 rings (SSSR count). The highest BCUT2D eigenvalue weighted by atomic mass is 32.2. The molecule has 0 heterocycles. The fourth-order valence-corrected chi connectivity index (χ4v) is 2.46. The highest BCUT2D eigenvalue weighted by molar-refractivity contribution is 8.14. The van der Waals surface area contributed by atoms with E-state index in [1.54, 1.807) is 27.7 Å². The zero-order chi connectivity index (χ0) is 22.8. The lowest BCUT2D eigenvalue weighted by molar-refractivity contribution is -0.168. The van der Waals surface area contributed by atoms with Crippen LogP contribution in [0.2, 0.25) is 0 Å². The number of carbonyl (C=O) groups excluding carboxylic acids is 3. The van der Waals surface area contributed by atoms with E-state index in [9.17, 15) is 29.4 Å². The number of carboxylic acid groups (broad SMARTS) is 1. The topological polar surface area (TPSA) is 158 Å². The summed E-state index contributed by atoms with van der Waals surface area (Å²) in [4.78, 5) is 46.5. The van der Waals surface area contributed by atoms with Crippen LogP contribution in [0.3, 0.4) is 0 Å². The van der Waals surface area contributed by atoms with Crippen molar-refractivity contribution in [2.45, 2.75) is 58.6 Å². The maximum Gasteiger partial charge on any atom is 0.410 e. The van der Waals surface area contributed by atoms with Crippen LogP contribution >= 0.6 is 11.8 Å². The second-order valence-corrected chi connectivity index (χ2v) is 8.69. The number of carbonyl (C=O) groups is 4. The molecule has 29 heavy (non-hydrogen) atoms.